The molecule has 0 N–H and O–H groups in total. The summed E-state index contributed by atoms with van der Waals surface area (Å²) < 4.78 is 9.87. The van der Waals surface area contributed by atoms with E-state index in [0.717, 1.165) is 5.56 Å². The summed E-state index contributed by atoms with van der Waals surface area (Å²) in [6, 6.07) is 9.34. The van der Waals surface area contributed by atoms with Crippen LogP contribution < -0.4 is 4.74 Å². The van der Waals surface area contributed by atoms with Gasteiger partial charge in [-0.3, -0.25) is 9.32 Å². The zero-order chi connectivity index (χ0) is 13.0. The third kappa shape index (κ3) is 2.74. The molecule has 1 atom stereocenters. The van der Waals surface area contributed by atoms with Crippen molar-refractivity contribution in [3.63, 3.8) is 0 Å². The lowest BCUT2D eigenvalue weighted by Crippen LogP contribution is -2.17. The van der Waals surface area contributed by atoms with E-state index in [2.05, 4.69) is 10.1 Å². The summed E-state index contributed by atoms with van der Waals surface area (Å²) in [5, 5.41) is 3.76. The van der Waals surface area contributed by atoms with E-state index in [0.29, 0.717) is 12.2 Å². The number of ether oxygens (including phenoxy) is 1. The van der Waals surface area contributed by atoms with E-state index in [1.54, 1.807) is 6.92 Å². The van der Waals surface area contributed by atoms with E-state index in [9.17, 15) is 4.79 Å². The number of carbonyl (C=O) groups excluding carboxylic acids is 1. The number of hydrogen-bond acceptors (Lipinski definition) is 5. The zero-order valence-electron chi connectivity index (χ0n) is 10.3. The fourth-order valence-electron chi connectivity index (χ4n) is 1.31. The van der Waals surface area contributed by atoms with Crippen LogP contribution in [-0.2, 0) is 4.79 Å². The van der Waals surface area contributed by atoms with Crippen LogP contribution in [0.5, 0.6) is 6.08 Å². The summed E-state index contributed by atoms with van der Waals surface area (Å²) in [5.41, 5.74) is 0.812. The second kappa shape index (κ2) is 5.44. The Hall–Kier alpha value is -2.17. The minimum absolute atomic E-state index is 0.112. The van der Waals surface area contributed by atoms with Crippen LogP contribution >= 0.6 is 0 Å². The molecule has 5 nitrogen and oxygen atoms in total. The van der Waals surface area contributed by atoms with Crippen LogP contribution in [0, 0.1) is 5.92 Å². The lowest BCUT2D eigenvalue weighted by Gasteiger charge is -2.03. The van der Waals surface area contributed by atoms with E-state index in [-0.39, 0.29) is 18.0 Å². The molecule has 1 unspecified atom stereocenters. The molecule has 1 heterocycles. The average molecular weight is 246 g/mol. The molecule has 0 aliphatic heterocycles. The monoisotopic (exact) mass is 246 g/mol. The van der Waals surface area contributed by atoms with Gasteiger partial charge in [0.2, 0.25) is 5.82 Å². The molecule has 0 bridgehead atoms. The Morgan fingerprint density at radius 3 is 2.78 bits per heavy atom. The van der Waals surface area contributed by atoms with Crippen LogP contribution in [0.4, 0.5) is 0 Å². The molecule has 0 aliphatic carbocycles. The fraction of sp³-hybridized carbons (Fsp3) is 0.308. The molecule has 94 valence electrons. The molecule has 1 aromatic heterocycles. The van der Waals surface area contributed by atoms with E-state index < -0.39 is 0 Å². The smallest absolute Gasteiger partial charge is 0.375 e. The Kier molecular flexibility index (Phi) is 3.72. The predicted molar refractivity (Wildman–Crippen MR) is 64.8 cm³/mol. The van der Waals surface area contributed by atoms with Crippen LogP contribution in [0.1, 0.15) is 20.3 Å². The summed E-state index contributed by atoms with van der Waals surface area (Å²) in [6.07, 6.45) is 0.595. The van der Waals surface area contributed by atoms with E-state index in [4.69, 9.17) is 9.26 Å². The van der Waals surface area contributed by atoms with Gasteiger partial charge in [-0.05, 0) is 6.42 Å². The molecule has 1 aromatic carbocycles. The fourth-order valence-corrected chi connectivity index (χ4v) is 1.31. The lowest BCUT2D eigenvalue weighted by atomic mass is 10.1. The van der Waals surface area contributed by atoms with Gasteiger partial charge >= 0.3 is 12.0 Å². The zero-order valence-corrected chi connectivity index (χ0v) is 10.3. The van der Waals surface area contributed by atoms with Gasteiger partial charge in [-0.15, -0.1) is 0 Å². The van der Waals surface area contributed by atoms with Gasteiger partial charge in [0.1, 0.15) is 0 Å². The van der Waals surface area contributed by atoms with Crippen molar-refractivity contribution in [3.8, 4) is 17.5 Å². The highest BCUT2D eigenvalue weighted by molar-refractivity contribution is 5.73. The Balaban J connectivity index is 2.10. The minimum Gasteiger partial charge on any atom is -0.375 e. The van der Waals surface area contributed by atoms with E-state index in [1.807, 2.05) is 37.3 Å². The SMILES string of the molecule is CCC(C)C(=O)Oc1nc(-c2ccccc2)no1. The maximum absolute atomic E-state index is 11.5. The number of nitrogens with zero attached hydrogens (tertiary/aromatic N) is 2. The normalized spacial score (nSPS) is 12.1. The van der Waals surface area contributed by atoms with Crippen LogP contribution in [0.25, 0.3) is 11.4 Å². The summed E-state index contributed by atoms with van der Waals surface area (Å²) >= 11 is 0. The van der Waals surface area contributed by atoms with Crippen LogP contribution in [-0.4, -0.2) is 16.1 Å². The molecule has 0 saturated carbocycles. The Morgan fingerprint density at radius 2 is 2.11 bits per heavy atom. The number of carbonyl (C=O) groups is 1. The van der Waals surface area contributed by atoms with Gasteiger partial charge < -0.3 is 4.74 Å². The van der Waals surface area contributed by atoms with Crippen molar-refractivity contribution in [3.05, 3.63) is 30.3 Å². The van der Waals surface area contributed by atoms with Gasteiger partial charge in [0, 0.05) is 5.56 Å². The first kappa shape index (κ1) is 12.3. The maximum atomic E-state index is 11.5. The van der Waals surface area contributed by atoms with Crippen molar-refractivity contribution in [2.45, 2.75) is 20.3 Å². The Labute approximate surface area is 105 Å². The highest BCUT2D eigenvalue weighted by Crippen LogP contribution is 2.18. The first-order valence-corrected chi connectivity index (χ1v) is 5.81. The summed E-state index contributed by atoms with van der Waals surface area (Å²) in [6.45, 7) is 3.70. The van der Waals surface area contributed by atoms with Crippen molar-refractivity contribution in [2.24, 2.45) is 5.92 Å². The number of esters is 1. The largest absolute Gasteiger partial charge is 0.425 e. The topological polar surface area (TPSA) is 65.2 Å². The minimum atomic E-state index is -0.360. The lowest BCUT2D eigenvalue weighted by molar-refractivity contribution is -0.140. The summed E-state index contributed by atoms with van der Waals surface area (Å²) in [7, 11) is 0. The number of rotatable bonds is 4. The van der Waals surface area contributed by atoms with Gasteiger partial charge in [-0.25, -0.2) is 0 Å². The van der Waals surface area contributed by atoms with Crippen LogP contribution in [0.3, 0.4) is 0 Å². The first-order valence-electron chi connectivity index (χ1n) is 5.81. The second-order valence-electron chi connectivity index (χ2n) is 3.98. The van der Waals surface area contributed by atoms with Crippen molar-refractivity contribution >= 4 is 5.97 Å². The number of benzene rings is 1. The van der Waals surface area contributed by atoms with Gasteiger partial charge in [-0.2, -0.15) is 4.98 Å². The third-order valence-electron chi connectivity index (χ3n) is 2.64. The van der Waals surface area contributed by atoms with Crippen molar-refractivity contribution < 1.29 is 14.1 Å². The molecule has 0 saturated heterocycles. The van der Waals surface area contributed by atoms with E-state index in [1.165, 1.54) is 0 Å². The quantitative estimate of drug-likeness (QED) is 0.776. The highest BCUT2D eigenvalue weighted by atomic mass is 16.7. The van der Waals surface area contributed by atoms with Gasteiger partial charge in [0.25, 0.3) is 0 Å². The second-order valence-corrected chi connectivity index (χ2v) is 3.98. The Morgan fingerprint density at radius 1 is 1.39 bits per heavy atom. The van der Waals surface area contributed by atoms with Crippen LogP contribution in [0.15, 0.2) is 34.9 Å². The molecule has 0 fully saturated rings. The maximum Gasteiger partial charge on any atom is 0.425 e. The van der Waals surface area contributed by atoms with Gasteiger partial charge in [0.15, 0.2) is 0 Å². The average Bonchev–Trinajstić information content (AvgIpc) is 2.87. The standard InChI is InChI=1S/C13H14N2O3/c1-3-9(2)12(16)17-13-14-11(15-18-13)10-7-5-4-6-8-10/h4-9H,3H2,1-2H3. The van der Waals surface area contributed by atoms with Crippen molar-refractivity contribution in [1.82, 2.24) is 10.1 Å². The Bertz CT molecular complexity index is 522. The molecule has 2 rings (SSSR count). The molecule has 0 aliphatic rings. The molecule has 5 heteroatoms. The van der Waals surface area contributed by atoms with Crippen LogP contribution in [0.2, 0.25) is 0 Å². The molecular formula is C13H14N2O3. The molecule has 0 radical (unpaired) electrons. The summed E-state index contributed by atoms with van der Waals surface area (Å²) in [4.78, 5) is 15.6. The molecule has 18 heavy (non-hydrogen) atoms. The third-order valence-corrected chi connectivity index (χ3v) is 2.64. The number of aromatic nitrogens is 2. The first-order chi connectivity index (χ1) is 8.70. The van der Waals surface area contributed by atoms with Gasteiger partial charge in [0.05, 0.1) is 5.92 Å². The molecule has 2 aromatic rings. The molecule has 0 amide bonds. The van der Waals surface area contributed by atoms with Crippen molar-refractivity contribution in [1.29, 1.82) is 0 Å². The predicted octanol–water partition coefficient (Wildman–Crippen LogP) is 2.69. The number of hydrogen-bond donors (Lipinski definition) is 0. The van der Waals surface area contributed by atoms with Crippen molar-refractivity contribution in [2.75, 3.05) is 0 Å². The van der Waals surface area contributed by atoms with Gasteiger partial charge in [-0.1, -0.05) is 49.3 Å². The molecule has 0 spiro atoms. The van der Waals surface area contributed by atoms with E-state index >= 15 is 0 Å². The highest BCUT2D eigenvalue weighted by Gasteiger charge is 2.17. The summed E-state index contributed by atoms with van der Waals surface area (Å²) in [5.74, 6) is -0.139. The molecular weight excluding hydrogens is 232 g/mol.